The van der Waals surface area contributed by atoms with Crippen LogP contribution >= 0.6 is 11.8 Å². The molecule has 0 radical (unpaired) electrons. The quantitative estimate of drug-likeness (QED) is 0.472. The molecule has 30 heavy (non-hydrogen) atoms. The lowest BCUT2D eigenvalue weighted by molar-refractivity contribution is -0.117. The van der Waals surface area contributed by atoms with Crippen LogP contribution in [0.3, 0.4) is 0 Å². The summed E-state index contributed by atoms with van der Waals surface area (Å²) in [6.07, 6.45) is 3.02. The van der Waals surface area contributed by atoms with Crippen LogP contribution in [0.25, 0.3) is 10.8 Å². The first-order chi connectivity index (χ1) is 14.7. The number of rotatable bonds is 4. The van der Waals surface area contributed by atoms with E-state index in [1.54, 1.807) is 12.1 Å². The third-order valence-corrected chi connectivity index (χ3v) is 5.57. The van der Waals surface area contributed by atoms with E-state index in [0.717, 1.165) is 15.8 Å². The Hall–Kier alpha value is -3.72. The number of hydrogen-bond acceptors (Lipinski definition) is 7. The van der Waals surface area contributed by atoms with Gasteiger partial charge in [0.15, 0.2) is 5.82 Å². The molecule has 1 aliphatic rings. The van der Waals surface area contributed by atoms with Crippen molar-refractivity contribution in [2.45, 2.75) is 11.8 Å². The van der Waals surface area contributed by atoms with Crippen LogP contribution in [0.1, 0.15) is 16.2 Å². The van der Waals surface area contributed by atoms with Crippen molar-refractivity contribution in [1.82, 2.24) is 19.9 Å². The minimum absolute atomic E-state index is 0.0506. The van der Waals surface area contributed by atoms with Gasteiger partial charge in [-0.2, -0.15) is 9.69 Å². The standard InChI is InChI=1S/C21H15N5O3S/c27-19-13-30-21-24-23-18(25(21)26(19)20(28)15-8-10-22-11-9-15)12-29-17-7-3-5-14-4-1-2-6-16(14)17/h1-11H,12-13H2. The summed E-state index contributed by atoms with van der Waals surface area (Å²) in [5.41, 5.74) is 0.353. The van der Waals surface area contributed by atoms with E-state index in [4.69, 9.17) is 4.74 Å². The largest absolute Gasteiger partial charge is 0.485 e. The zero-order valence-electron chi connectivity index (χ0n) is 15.6. The number of nitrogens with zero attached hydrogens (tertiary/aromatic N) is 5. The smallest absolute Gasteiger partial charge is 0.280 e. The van der Waals surface area contributed by atoms with Crippen LogP contribution in [0.4, 0.5) is 0 Å². The SMILES string of the molecule is O=C1CSc2nnc(COc3cccc4ccccc34)n2N1C(=O)c1ccncc1. The predicted molar refractivity (Wildman–Crippen MR) is 111 cm³/mol. The summed E-state index contributed by atoms with van der Waals surface area (Å²) in [5.74, 6) is 0.350. The summed E-state index contributed by atoms with van der Waals surface area (Å²) in [7, 11) is 0. The monoisotopic (exact) mass is 417 g/mol. The molecule has 0 saturated carbocycles. The second-order valence-corrected chi connectivity index (χ2v) is 7.45. The van der Waals surface area contributed by atoms with Crippen molar-refractivity contribution in [2.75, 3.05) is 10.8 Å². The molecule has 0 N–H and O–H groups in total. The van der Waals surface area contributed by atoms with E-state index >= 15 is 0 Å². The maximum Gasteiger partial charge on any atom is 0.280 e. The average molecular weight is 417 g/mol. The Morgan fingerprint density at radius 3 is 2.70 bits per heavy atom. The Labute approximate surface area is 175 Å². The van der Waals surface area contributed by atoms with Gasteiger partial charge in [0.25, 0.3) is 11.8 Å². The van der Waals surface area contributed by atoms with E-state index < -0.39 is 5.91 Å². The molecule has 8 nitrogen and oxygen atoms in total. The lowest BCUT2D eigenvalue weighted by atomic mass is 10.1. The van der Waals surface area contributed by atoms with Crippen LogP contribution in [-0.4, -0.2) is 37.4 Å². The first-order valence-corrected chi connectivity index (χ1v) is 10.2. The van der Waals surface area contributed by atoms with Crippen LogP contribution in [0, 0.1) is 0 Å². The zero-order valence-corrected chi connectivity index (χ0v) is 16.5. The van der Waals surface area contributed by atoms with E-state index in [2.05, 4.69) is 15.2 Å². The Morgan fingerprint density at radius 1 is 1.03 bits per heavy atom. The number of carbonyl (C=O) groups excluding carboxylic acids is 2. The van der Waals surface area contributed by atoms with Gasteiger partial charge in [-0.1, -0.05) is 48.2 Å². The topological polar surface area (TPSA) is 90.2 Å². The number of pyridine rings is 1. The first-order valence-electron chi connectivity index (χ1n) is 9.17. The molecule has 0 bridgehead atoms. The summed E-state index contributed by atoms with van der Waals surface area (Å²) < 4.78 is 7.44. The van der Waals surface area contributed by atoms with E-state index in [9.17, 15) is 9.59 Å². The summed E-state index contributed by atoms with van der Waals surface area (Å²) >= 11 is 1.24. The van der Waals surface area contributed by atoms with Crippen molar-refractivity contribution in [3.8, 4) is 5.75 Å². The second-order valence-electron chi connectivity index (χ2n) is 6.51. The zero-order chi connectivity index (χ0) is 20.5. The third-order valence-electron chi connectivity index (χ3n) is 4.66. The molecule has 0 unspecified atom stereocenters. The summed E-state index contributed by atoms with van der Waals surface area (Å²) in [6.45, 7) is 0.0506. The van der Waals surface area contributed by atoms with Crippen LogP contribution in [-0.2, 0) is 11.4 Å². The normalized spacial score (nSPS) is 13.3. The van der Waals surface area contributed by atoms with Gasteiger partial charge in [0.05, 0.1) is 5.75 Å². The summed E-state index contributed by atoms with van der Waals surface area (Å²) in [5, 5.41) is 11.9. The lowest BCUT2D eigenvalue weighted by Crippen LogP contribution is -2.49. The molecular weight excluding hydrogens is 402 g/mol. The van der Waals surface area contributed by atoms with Crippen LogP contribution in [0.15, 0.2) is 72.1 Å². The van der Waals surface area contributed by atoms with Crippen LogP contribution in [0.2, 0.25) is 0 Å². The van der Waals surface area contributed by atoms with Gasteiger partial charge in [0, 0.05) is 23.3 Å². The molecule has 0 spiro atoms. The van der Waals surface area contributed by atoms with Gasteiger partial charge in [-0.15, -0.1) is 10.2 Å². The van der Waals surface area contributed by atoms with Gasteiger partial charge in [-0.05, 0) is 23.6 Å². The minimum Gasteiger partial charge on any atom is -0.485 e. The molecule has 2 aromatic heterocycles. The molecule has 148 valence electrons. The first kappa shape index (κ1) is 18.3. The number of ether oxygens (including phenoxy) is 1. The highest BCUT2D eigenvalue weighted by Gasteiger charge is 2.34. The number of fused-ring (bicyclic) bond motifs is 2. The number of aromatic nitrogens is 4. The van der Waals surface area contributed by atoms with Gasteiger partial charge in [-0.25, -0.2) is 0 Å². The van der Waals surface area contributed by atoms with Crippen LogP contribution < -0.4 is 9.75 Å². The van der Waals surface area contributed by atoms with Gasteiger partial charge in [0.2, 0.25) is 5.16 Å². The maximum absolute atomic E-state index is 13.0. The van der Waals surface area contributed by atoms with Crippen molar-refractivity contribution in [1.29, 1.82) is 0 Å². The molecule has 2 amide bonds. The van der Waals surface area contributed by atoms with E-state index in [1.165, 1.54) is 28.8 Å². The molecule has 4 aromatic rings. The highest BCUT2D eigenvalue weighted by Crippen LogP contribution is 2.28. The van der Waals surface area contributed by atoms with Crippen molar-refractivity contribution >= 4 is 34.3 Å². The van der Waals surface area contributed by atoms with Gasteiger partial charge >= 0.3 is 0 Å². The maximum atomic E-state index is 13.0. The number of hydrogen-bond donors (Lipinski definition) is 0. The predicted octanol–water partition coefficient (Wildman–Crippen LogP) is 2.82. The van der Waals surface area contributed by atoms with Gasteiger partial charge in [-0.3, -0.25) is 14.6 Å². The Kier molecular flexibility index (Phi) is 4.64. The molecule has 9 heteroatoms. The van der Waals surface area contributed by atoms with E-state index in [0.29, 0.717) is 22.3 Å². The van der Waals surface area contributed by atoms with E-state index in [1.807, 2.05) is 42.5 Å². The van der Waals surface area contributed by atoms with Gasteiger partial charge in [0.1, 0.15) is 12.4 Å². The minimum atomic E-state index is -0.463. The molecule has 0 saturated heterocycles. The molecule has 3 heterocycles. The number of benzene rings is 2. The molecule has 5 rings (SSSR count). The second kappa shape index (κ2) is 7.60. The van der Waals surface area contributed by atoms with Crippen molar-refractivity contribution < 1.29 is 14.3 Å². The Bertz CT molecular complexity index is 1250. The van der Waals surface area contributed by atoms with Crippen molar-refractivity contribution in [3.63, 3.8) is 0 Å². The number of imide groups is 1. The van der Waals surface area contributed by atoms with Crippen LogP contribution in [0.5, 0.6) is 5.75 Å². The molecule has 0 fully saturated rings. The average Bonchev–Trinajstić information content (AvgIpc) is 3.20. The van der Waals surface area contributed by atoms with Crippen molar-refractivity contribution in [2.24, 2.45) is 0 Å². The molecule has 0 atom stereocenters. The van der Waals surface area contributed by atoms with Gasteiger partial charge < -0.3 is 4.74 Å². The highest BCUT2D eigenvalue weighted by atomic mass is 32.2. The fourth-order valence-corrected chi connectivity index (χ4v) is 4.04. The lowest BCUT2D eigenvalue weighted by Gasteiger charge is -2.27. The molecular formula is C21H15N5O3S. The third kappa shape index (κ3) is 3.18. The molecule has 1 aliphatic heterocycles. The Morgan fingerprint density at radius 2 is 1.83 bits per heavy atom. The molecule has 2 aromatic carbocycles. The summed E-state index contributed by atoms with van der Waals surface area (Å²) in [4.78, 5) is 29.6. The van der Waals surface area contributed by atoms with Crippen molar-refractivity contribution in [3.05, 3.63) is 78.4 Å². The molecule has 0 aliphatic carbocycles. The Balaban J connectivity index is 1.48. The summed E-state index contributed by atoms with van der Waals surface area (Å²) in [6, 6.07) is 16.8. The number of carbonyl (C=O) groups is 2. The highest BCUT2D eigenvalue weighted by molar-refractivity contribution is 7.99. The number of amides is 2. The fraction of sp³-hybridized carbons (Fsp3) is 0.0952. The fourth-order valence-electron chi connectivity index (χ4n) is 3.26. The number of thioether (sulfide) groups is 1. The van der Waals surface area contributed by atoms with E-state index in [-0.39, 0.29) is 18.3 Å².